The number of pyridine rings is 1. The third kappa shape index (κ3) is 5.70. The van der Waals surface area contributed by atoms with Crippen molar-refractivity contribution >= 4 is 34.4 Å². The summed E-state index contributed by atoms with van der Waals surface area (Å²) in [5, 5.41) is 0.352. The predicted octanol–water partition coefficient (Wildman–Crippen LogP) is 5.01. The third-order valence-corrected chi connectivity index (χ3v) is 8.54. The van der Waals surface area contributed by atoms with Crippen LogP contribution in [0.25, 0.3) is 11.0 Å². The Bertz CT molecular complexity index is 1720. The topological polar surface area (TPSA) is 82.0 Å². The van der Waals surface area contributed by atoms with Gasteiger partial charge in [0.05, 0.1) is 42.9 Å². The molecule has 3 aliphatic rings. The van der Waals surface area contributed by atoms with E-state index in [0.29, 0.717) is 35.1 Å². The number of imidazole rings is 1. The largest absolute Gasteiger partial charge is 0.473 e. The molecule has 2 aromatic carbocycles. The fraction of sp³-hybridized carbons (Fsp3) is 0.344. The zero-order valence-electron chi connectivity index (χ0n) is 23.8. The summed E-state index contributed by atoms with van der Waals surface area (Å²) in [7, 11) is 1.39. The molecule has 0 radical (unpaired) electrons. The lowest BCUT2D eigenvalue weighted by atomic mass is 10.1. The molecule has 1 saturated heterocycles. The van der Waals surface area contributed by atoms with Crippen molar-refractivity contribution in [2.75, 3.05) is 44.8 Å². The van der Waals surface area contributed by atoms with E-state index >= 15 is 0 Å². The first kappa shape index (κ1) is 27.8. The fourth-order valence-electron chi connectivity index (χ4n) is 5.96. The van der Waals surface area contributed by atoms with E-state index in [2.05, 4.69) is 14.4 Å². The van der Waals surface area contributed by atoms with Crippen molar-refractivity contribution in [1.82, 2.24) is 19.4 Å². The number of aromatic nitrogens is 3. The number of carbonyl (C=O) groups is 1. The summed E-state index contributed by atoms with van der Waals surface area (Å²) in [6, 6.07) is 15.7. The average Bonchev–Trinajstić information content (AvgIpc) is 3.65. The first-order chi connectivity index (χ1) is 20.9. The summed E-state index contributed by atoms with van der Waals surface area (Å²) in [4.78, 5) is 26.5. The molecular weight excluding hydrogens is 573 g/mol. The molecular formula is C32H31ClFN5O4. The lowest BCUT2D eigenvalue weighted by Crippen LogP contribution is -2.33. The van der Waals surface area contributed by atoms with Gasteiger partial charge in [-0.15, -0.1) is 0 Å². The van der Waals surface area contributed by atoms with Crippen molar-refractivity contribution in [3.05, 3.63) is 93.5 Å². The number of halogens is 2. The number of hydrogen-bond acceptors (Lipinski definition) is 8. The van der Waals surface area contributed by atoms with E-state index in [1.54, 1.807) is 24.3 Å². The molecule has 0 spiro atoms. The van der Waals surface area contributed by atoms with Crippen molar-refractivity contribution in [3.63, 3.8) is 0 Å². The van der Waals surface area contributed by atoms with Gasteiger partial charge in [-0.3, -0.25) is 4.90 Å². The van der Waals surface area contributed by atoms with Gasteiger partial charge in [0.25, 0.3) is 0 Å². The molecule has 0 unspecified atom stereocenters. The molecule has 0 saturated carbocycles. The Labute approximate surface area is 253 Å². The van der Waals surface area contributed by atoms with Crippen LogP contribution in [-0.4, -0.2) is 71.4 Å². The minimum Gasteiger partial charge on any atom is -0.473 e. The number of ether oxygens (including phenoxy) is 3. The van der Waals surface area contributed by atoms with Crippen LogP contribution < -0.4 is 9.64 Å². The van der Waals surface area contributed by atoms with Crippen molar-refractivity contribution in [2.24, 2.45) is 0 Å². The summed E-state index contributed by atoms with van der Waals surface area (Å²) in [6.07, 6.45) is 1.18. The highest BCUT2D eigenvalue weighted by atomic mass is 35.5. The number of hydrogen-bond donors (Lipinski definition) is 0. The van der Waals surface area contributed by atoms with E-state index in [0.717, 1.165) is 61.9 Å². The highest BCUT2D eigenvalue weighted by molar-refractivity contribution is 6.30. The van der Waals surface area contributed by atoms with Crippen LogP contribution in [0, 0.1) is 5.82 Å². The van der Waals surface area contributed by atoms with Crippen LogP contribution in [0.5, 0.6) is 5.88 Å². The van der Waals surface area contributed by atoms with Gasteiger partial charge in [-0.05, 0) is 54.0 Å². The van der Waals surface area contributed by atoms with Gasteiger partial charge in [-0.25, -0.2) is 14.2 Å². The van der Waals surface area contributed by atoms with Crippen molar-refractivity contribution < 1.29 is 23.4 Å². The molecule has 1 atom stereocenters. The SMILES string of the molecule is COC(=O)c1ccc2nc(CN3CC4=C(C3)CN(c3cccc(OCc5ccc(Cl)cc5F)n3)C4)n(C[C@@H]3CCO3)c2c1. The Balaban J connectivity index is 1.01. The quantitative estimate of drug-likeness (QED) is 0.195. The van der Waals surface area contributed by atoms with Gasteiger partial charge in [0, 0.05) is 49.4 Å². The second kappa shape index (κ2) is 11.6. The van der Waals surface area contributed by atoms with Gasteiger partial charge >= 0.3 is 5.97 Å². The van der Waals surface area contributed by atoms with Crippen LogP contribution in [-0.2, 0) is 29.2 Å². The van der Waals surface area contributed by atoms with E-state index in [4.69, 9.17) is 35.8 Å². The standard InChI is InChI=1S/C32H31ClFN5O4/c1-41-32(40)20-6-8-27-28(11-20)39(17-25-9-10-42-25)30(35-27)18-37-13-22-15-38(16-23(22)14-37)29-3-2-4-31(36-29)43-19-21-5-7-24(33)12-26(21)34/h2-8,11-12,25H,9-10,13-19H2,1H3/t25-/m0/s1. The normalized spacial score (nSPS) is 18.3. The van der Waals surface area contributed by atoms with Crippen LogP contribution in [0.1, 0.15) is 28.2 Å². The second-order valence-corrected chi connectivity index (χ2v) is 11.6. The second-order valence-electron chi connectivity index (χ2n) is 11.2. The molecule has 0 N–H and O–H groups in total. The number of methoxy groups -OCH3 is 1. The molecule has 0 amide bonds. The average molecular weight is 604 g/mol. The van der Waals surface area contributed by atoms with Gasteiger partial charge in [-0.2, -0.15) is 4.98 Å². The lowest BCUT2D eigenvalue weighted by molar-refractivity contribution is -0.0591. The van der Waals surface area contributed by atoms with Crippen LogP contribution in [0.15, 0.2) is 65.7 Å². The van der Waals surface area contributed by atoms with Crippen molar-refractivity contribution in [3.8, 4) is 5.88 Å². The van der Waals surface area contributed by atoms with E-state index in [1.807, 2.05) is 24.3 Å². The molecule has 0 bridgehead atoms. The predicted molar refractivity (Wildman–Crippen MR) is 160 cm³/mol. The Morgan fingerprint density at radius 1 is 1.07 bits per heavy atom. The number of benzene rings is 2. The lowest BCUT2D eigenvalue weighted by Gasteiger charge is -2.28. The molecule has 7 rings (SSSR count). The summed E-state index contributed by atoms with van der Waals surface area (Å²) < 4.78 is 32.8. The number of rotatable bonds is 9. The summed E-state index contributed by atoms with van der Waals surface area (Å²) >= 11 is 5.86. The van der Waals surface area contributed by atoms with Crippen LogP contribution in [0.2, 0.25) is 5.02 Å². The molecule has 0 aliphatic carbocycles. The van der Waals surface area contributed by atoms with Gasteiger partial charge in [0.1, 0.15) is 24.1 Å². The van der Waals surface area contributed by atoms with Crippen LogP contribution in [0.3, 0.4) is 0 Å². The number of fused-ring (bicyclic) bond motifs is 1. The zero-order valence-corrected chi connectivity index (χ0v) is 24.5. The first-order valence-corrected chi connectivity index (χ1v) is 14.7. The molecule has 1 fully saturated rings. The minimum atomic E-state index is -0.397. The van der Waals surface area contributed by atoms with E-state index < -0.39 is 5.82 Å². The van der Waals surface area contributed by atoms with Gasteiger partial charge in [-0.1, -0.05) is 23.7 Å². The van der Waals surface area contributed by atoms with Gasteiger partial charge in [0.2, 0.25) is 5.88 Å². The fourth-order valence-corrected chi connectivity index (χ4v) is 6.12. The van der Waals surface area contributed by atoms with Crippen molar-refractivity contribution in [2.45, 2.75) is 32.2 Å². The molecule has 43 heavy (non-hydrogen) atoms. The Kier molecular flexibility index (Phi) is 7.50. The molecule has 222 valence electrons. The van der Waals surface area contributed by atoms with Gasteiger partial charge < -0.3 is 23.7 Å². The maximum Gasteiger partial charge on any atom is 0.337 e. The van der Waals surface area contributed by atoms with Crippen molar-refractivity contribution in [1.29, 1.82) is 0 Å². The summed E-state index contributed by atoms with van der Waals surface area (Å²) in [5.74, 6) is 1.49. The Morgan fingerprint density at radius 3 is 2.60 bits per heavy atom. The minimum absolute atomic E-state index is 0.0742. The van der Waals surface area contributed by atoms with E-state index in [9.17, 15) is 9.18 Å². The number of anilines is 1. The molecule has 3 aliphatic heterocycles. The molecule has 9 nitrogen and oxygen atoms in total. The highest BCUT2D eigenvalue weighted by Gasteiger charge is 2.32. The van der Waals surface area contributed by atoms with Crippen LogP contribution >= 0.6 is 11.6 Å². The zero-order chi connectivity index (χ0) is 29.5. The van der Waals surface area contributed by atoms with E-state index in [-0.39, 0.29) is 18.7 Å². The number of esters is 1. The third-order valence-electron chi connectivity index (χ3n) is 8.31. The first-order valence-electron chi connectivity index (χ1n) is 14.3. The molecule has 11 heteroatoms. The molecule has 4 aromatic rings. The molecule has 5 heterocycles. The molecule has 2 aromatic heterocycles. The Morgan fingerprint density at radius 2 is 1.88 bits per heavy atom. The maximum atomic E-state index is 14.2. The van der Waals surface area contributed by atoms with E-state index in [1.165, 1.54) is 24.3 Å². The summed E-state index contributed by atoms with van der Waals surface area (Å²) in [6.45, 7) is 5.56. The smallest absolute Gasteiger partial charge is 0.337 e. The van der Waals surface area contributed by atoms with Gasteiger partial charge in [0.15, 0.2) is 0 Å². The maximum absolute atomic E-state index is 14.2. The van der Waals surface area contributed by atoms with Crippen LogP contribution in [0.4, 0.5) is 10.2 Å². The summed E-state index contributed by atoms with van der Waals surface area (Å²) in [5.41, 5.74) is 5.52. The number of carbonyl (C=O) groups excluding carboxylic acids is 1. The number of nitrogens with zero attached hydrogens (tertiary/aromatic N) is 5. The Hall–Kier alpha value is -3.99. The highest BCUT2D eigenvalue weighted by Crippen LogP contribution is 2.31. The monoisotopic (exact) mass is 603 g/mol.